The number of amides is 1. The Balaban J connectivity index is 1.53. The lowest BCUT2D eigenvalue weighted by Crippen LogP contribution is -2.52. The minimum Gasteiger partial charge on any atom is -0.465 e. The SMILES string of the molecule is CCCCCCCOC(=O)[C@H]1[C@@H](C(=O)N2CCNCC2)[C@@H]2CC[C@H]1O2. The van der Waals surface area contributed by atoms with Gasteiger partial charge in [0.05, 0.1) is 30.7 Å². The summed E-state index contributed by atoms with van der Waals surface area (Å²) in [4.78, 5) is 27.5. The number of hydrogen-bond acceptors (Lipinski definition) is 5. The van der Waals surface area contributed by atoms with Gasteiger partial charge < -0.3 is 19.7 Å². The Morgan fingerprint density at radius 2 is 1.72 bits per heavy atom. The van der Waals surface area contributed by atoms with Crippen molar-refractivity contribution in [2.24, 2.45) is 11.8 Å². The van der Waals surface area contributed by atoms with Crippen molar-refractivity contribution >= 4 is 11.9 Å². The zero-order valence-electron chi connectivity index (χ0n) is 15.4. The van der Waals surface area contributed by atoms with Gasteiger partial charge in [-0.2, -0.15) is 0 Å². The number of nitrogens with one attached hydrogen (secondary N) is 1. The molecule has 0 aromatic rings. The second kappa shape index (κ2) is 8.99. The molecule has 25 heavy (non-hydrogen) atoms. The fourth-order valence-electron chi connectivity index (χ4n) is 4.36. The predicted octanol–water partition coefficient (Wildman–Crippen LogP) is 1.73. The van der Waals surface area contributed by atoms with Gasteiger partial charge in [-0.15, -0.1) is 0 Å². The van der Waals surface area contributed by atoms with E-state index >= 15 is 0 Å². The molecule has 6 nitrogen and oxygen atoms in total. The minimum atomic E-state index is -0.406. The molecule has 0 aliphatic carbocycles. The number of unbranched alkanes of at least 4 members (excludes halogenated alkanes) is 4. The lowest BCUT2D eigenvalue weighted by Gasteiger charge is -2.33. The molecule has 3 aliphatic heterocycles. The molecule has 1 amide bonds. The van der Waals surface area contributed by atoms with E-state index in [0.29, 0.717) is 19.7 Å². The van der Waals surface area contributed by atoms with E-state index in [4.69, 9.17) is 9.47 Å². The van der Waals surface area contributed by atoms with Gasteiger partial charge in [0.1, 0.15) is 0 Å². The van der Waals surface area contributed by atoms with E-state index in [1.165, 1.54) is 19.3 Å². The molecule has 0 aromatic heterocycles. The summed E-state index contributed by atoms with van der Waals surface area (Å²) in [6, 6.07) is 0. The first-order valence-corrected chi connectivity index (χ1v) is 10.0. The molecule has 0 radical (unpaired) electrons. The van der Waals surface area contributed by atoms with Gasteiger partial charge in [0, 0.05) is 26.2 Å². The molecule has 0 aromatic carbocycles. The lowest BCUT2D eigenvalue weighted by molar-refractivity contribution is -0.156. The van der Waals surface area contributed by atoms with E-state index in [1.807, 2.05) is 4.90 Å². The summed E-state index contributed by atoms with van der Waals surface area (Å²) in [5.74, 6) is -0.893. The van der Waals surface area contributed by atoms with Crippen LogP contribution in [0.3, 0.4) is 0 Å². The number of carbonyl (C=O) groups is 2. The average molecular weight is 352 g/mol. The zero-order valence-corrected chi connectivity index (χ0v) is 15.4. The Morgan fingerprint density at radius 1 is 1.04 bits per heavy atom. The maximum Gasteiger partial charge on any atom is 0.312 e. The van der Waals surface area contributed by atoms with Crippen molar-refractivity contribution in [1.82, 2.24) is 10.2 Å². The van der Waals surface area contributed by atoms with E-state index in [2.05, 4.69) is 12.2 Å². The standard InChI is InChI=1S/C19H32N2O4/c1-2-3-4-5-6-13-24-19(23)17-15-8-7-14(25-15)16(17)18(22)21-11-9-20-10-12-21/h14-17,20H,2-13H2,1H3/t14-,15+,16-,17+/m0/s1. The van der Waals surface area contributed by atoms with Gasteiger partial charge in [0.2, 0.25) is 5.91 Å². The fourth-order valence-corrected chi connectivity index (χ4v) is 4.36. The van der Waals surface area contributed by atoms with E-state index in [-0.39, 0.29) is 30.0 Å². The maximum absolute atomic E-state index is 13.0. The molecule has 3 aliphatic rings. The smallest absolute Gasteiger partial charge is 0.312 e. The van der Waals surface area contributed by atoms with Crippen molar-refractivity contribution in [2.75, 3.05) is 32.8 Å². The summed E-state index contributed by atoms with van der Waals surface area (Å²) in [6.07, 6.45) is 7.15. The second-order valence-electron chi connectivity index (χ2n) is 7.50. The molecule has 0 saturated carbocycles. The number of piperazine rings is 1. The van der Waals surface area contributed by atoms with Crippen molar-refractivity contribution < 1.29 is 19.1 Å². The van der Waals surface area contributed by atoms with Crippen molar-refractivity contribution in [3.63, 3.8) is 0 Å². The Bertz CT molecular complexity index is 464. The third-order valence-corrected chi connectivity index (χ3v) is 5.75. The molecule has 0 spiro atoms. The first-order chi connectivity index (χ1) is 12.2. The summed E-state index contributed by atoms with van der Waals surface area (Å²) in [7, 11) is 0. The van der Waals surface area contributed by atoms with Crippen molar-refractivity contribution in [1.29, 1.82) is 0 Å². The van der Waals surface area contributed by atoms with Gasteiger partial charge >= 0.3 is 5.97 Å². The van der Waals surface area contributed by atoms with E-state index in [0.717, 1.165) is 38.8 Å². The van der Waals surface area contributed by atoms with Gasteiger partial charge in [-0.1, -0.05) is 32.6 Å². The first-order valence-electron chi connectivity index (χ1n) is 10.0. The Kier molecular flexibility index (Phi) is 6.70. The average Bonchev–Trinajstić information content (AvgIpc) is 3.26. The van der Waals surface area contributed by atoms with Crippen LogP contribution in [0.1, 0.15) is 51.9 Å². The van der Waals surface area contributed by atoms with Crippen LogP contribution in [0.15, 0.2) is 0 Å². The van der Waals surface area contributed by atoms with Gasteiger partial charge in [0.15, 0.2) is 0 Å². The molecule has 0 unspecified atom stereocenters. The quantitative estimate of drug-likeness (QED) is 0.532. The number of esters is 1. The molecule has 4 atom stereocenters. The second-order valence-corrected chi connectivity index (χ2v) is 7.50. The number of ether oxygens (including phenoxy) is 2. The highest BCUT2D eigenvalue weighted by atomic mass is 16.5. The van der Waals surface area contributed by atoms with Crippen LogP contribution in [-0.2, 0) is 19.1 Å². The van der Waals surface area contributed by atoms with E-state index in [9.17, 15) is 9.59 Å². The highest BCUT2D eigenvalue weighted by Crippen LogP contribution is 2.44. The van der Waals surface area contributed by atoms with Crippen LogP contribution in [0.25, 0.3) is 0 Å². The summed E-state index contributed by atoms with van der Waals surface area (Å²) >= 11 is 0. The number of fused-ring (bicyclic) bond motifs is 2. The van der Waals surface area contributed by atoms with Crippen LogP contribution in [-0.4, -0.2) is 61.8 Å². The van der Waals surface area contributed by atoms with Gasteiger partial charge in [-0.3, -0.25) is 9.59 Å². The third kappa shape index (κ3) is 4.34. The molecule has 3 saturated heterocycles. The zero-order chi connectivity index (χ0) is 17.6. The Labute approximate surface area is 150 Å². The highest BCUT2D eigenvalue weighted by Gasteiger charge is 2.56. The number of carbonyl (C=O) groups excluding carboxylic acids is 2. The summed E-state index contributed by atoms with van der Waals surface area (Å²) in [6.45, 7) is 5.72. The largest absolute Gasteiger partial charge is 0.465 e. The summed E-state index contributed by atoms with van der Waals surface area (Å²) in [5, 5.41) is 3.26. The number of rotatable bonds is 8. The third-order valence-electron chi connectivity index (χ3n) is 5.75. The predicted molar refractivity (Wildman–Crippen MR) is 94.0 cm³/mol. The van der Waals surface area contributed by atoms with Gasteiger partial charge in [-0.25, -0.2) is 0 Å². The van der Waals surface area contributed by atoms with Crippen LogP contribution in [0.5, 0.6) is 0 Å². The molecule has 3 heterocycles. The van der Waals surface area contributed by atoms with Crippen LogP contribution in [0.2, 0.25) is 0 Å². The van der Waals surface area contributed by atoms with Gasteiger partial charge in [0.25, 0.3) is 0 Å². The first kappa shape index (κ1) is 18.6. The van der Waals surface area contributed by atoms with Crippen LogP contribution in [0.4, 0.5) is 0 Å². The monoisotopic (exact) mass is 352 g/mol. The van der Waals surface area contributed by atoms with E-state index in [1.54, 1.807) is 0 Å². The van der Waals surface area contributed by atoms with Crippen LogP contribution < -0.4 is 5.32 Å². The highest BCUT2D eigenvalue weighted by molar-refractivity contribution is 5.87. The van der Waals surface area contributed by atoms with E-state index < -0.39 is 5.92 Å². The van der Waals surface area contributed by atoms with Crippen LogP contribution in [0, 0.1) is 11.8 Å². The topological polar surface area (TPSA) is 67.9 Å². The fraction of sp³-hybridized carbons (Fsp3) is 0.895. The molecule has 142 valence electrons. The van der Waals surface area contributed by atoms with Crippen molar-refractivity contribution in [3.05, 3.63) is 0 Å². The number of hydrogen-bond donors (Lipinski definition) is 1. The molecule has 3 fully saturated rings. The summed E-state index contributed by atoms with van der Waals surface area (Å²) in [5.41, 5.74) is 0. The van der Waals surface area contributed by atoms with Gasteiger partial charge in [-0.05, 0) is 19.3 Å². The summed E-state index contributed by atoms with van der Waals surface area (Å²) < 4.78 is 11.5. The van der Waals surface area contributed by atoms with Crippen molar-refractivity contribution in [3.8, 4) is 0 Å². The number of nitrogens with zero attached hydrogens (tertiary/aromatic N) is 1. The molecule has 1 N–H and O–H groups in total. The molecular weight excluding hydrogens is 320 g/mol. The lowest BCUT2D eigenvalue weighted by atomic mass is 9.78. The molecule has 2 bridgehead atoms. The molecular formula is C19H32N2O4. The van der Waals surface area contributed by atoms with Crippen LogP contribution >= 0.6 is 0 Å². The molecule has 3 rings (SSSR count). The molecule has 6 heteroatoms. The Hall–Kier alpha value is -1.14. The normalized spacial score (nSPS) is 31.3. The van der Waals surface area contributed by atoms with Crippen molar-refractivity contribution in [2.45, 2.75) is 64.1 Å². The maximum atomic E-state index is 13.0. The Morgan fingerprint density at radius 3 is 2.44 bits per heavy atom. The minimum absolute atomic E-state index is 0.0820.